The second kappa shape index (κ2) is 6.89. The fraction of sp³-hybridized carbons (Fsp3) is 0.611. The predicted octanol–water partition coefficient (Wildman–Crippen LogP) is 4.17. The first kappa shape index (κ1) is 18.7. The summed E-state index contributed by atoms with van der Waals surface area (Å²) in [5, 5.41) is 7.70. The molecule has 26 heavy (non-hydrogen) atoms. The summed E-state index contributed by atoms with van der Waals surface area (Å²) in [6, 6.07) is 1.28. The van der Waals surface area contributed by atoms with Gasteiger partial charge in [-0.2, -0.15) is 18.3 Å². The van der Waals surface area contributed by atoms with E-state index in [1.165, 1.54) is 0 Å². The van der Waals surface area contributed by atoms with Crippen molar-refractivity contribution in [3.05, 3.63) is 23.5 Å². The highest BCUT2D eigenvalue weighted by Gasteiger charge is 2.42. The zero-order valence-corrected chi connectivity index (χ0v) is 15.1. The molecule has 1 N–H and O–H groups in total. The normalized spacial score (nSPS) is 21.3. The van der Waals surface area contributed by atoms with E-state index < -0.39 is 18.1 Å². The van der Waals surface area contributed by atoms with Crippen LogP contribution in [0, 0.1) is 12.8 Å². The van der Waals surface area contributed by atoms with E-state index in [1.54, 1.807) is 23.9 Å². The quantitative estimate of drug-likeness (QED) is 0.884. The highest BCUT2D eigenvalue weighted by atomic mass is 19.4. The van der Waals surface area contributed by atoms with Crippen LogP contribution in [0.1, 0.15) is 61.6 Å². The van der Waals surface area contributed by atoms with Crippen molar-refractivity contribution in [2.75, 3.05) is 0 Å². The summed E-state index contributed by atoms with van der Waals surface area (Å²) in [5.74, 6) is -1.71. The van der Waals surface area contributed by atoms with E-state index in [4.69, 9.17) is 0 Å². The van der Waals surface area contributed by atoms with Gasteiger partial charge in [0.1, 0.15) is 0 Å². The Morgan fingerprint density at radius 3 is 2.73 bits per heavy atom. The van der Waals surface area contributed by atoms with Gasteiger partial charge in [0.15, 0.2) is 5.65 Å². The van der Waals surface area contributed by atoms with Crippen LogP contribution in [0.3, 0.4) is 0 Å². The number of fused-ring (bicyclic) bond motifs is 1. The number of nitrogens with zero attached hydrogens (tertiary/aromatic N) is 3. The molecule has 142 valence electrons. The lowest BCUT2D eigenvalue weighted by Crippen LogP contribution is -2.41. The van der Waals surface area contributed by atoms with Crippen LogP contribution in [0.25, 0.3) is 11.0 Å². The monoisotopic (exact) mass is 368 g/mol. The van der Waals surface area contributed by atoms with Crippen molar-refractivity contribution in [1.82, 2.24) is 20.1 Å². The molecule has 5 nitrogen and oxygen atoms in total. The van der Waals surface area contributed by atoms with E-state index in [0.717, 1.165) is 0 Å². The molecule has 0 spiro atoms. The molecule has 0 saturated heterocycles. The number of aromatic nitrogens is 3. The number of nitrogens with one attached hydrogen (secondary N) is 1. The van der Waals surface area contributed by atoms with Gasteiger partial charge in [-0.25, -0.2) is 9.67 Å². The van der Waals surface area contributed by atoms with Gasteiger partial charge in [-0.1, -0.05) is 6.42 Å². The van der Waals surface area contributed by atoms with Crippen molar-refractivity contribution < 1.29 is 18.0 Å². The van der Waals surface area contributed by atoms with Gasteiger partial charge in [-0.15, -0.1) is 0 Å². The summed E-state index contributed by atoms with van der Waals surface area (Å²) in [6.45, 7) is 5.72. The minimum atomic E-state index is -4.21. The fourth-order valence-electron chi connectivity index (χ4n) is 3.59. The molecule has 0 aromatic carbocycles. The highest BCUT2D eigenvalue weighted by Crippen LogP contribution is 2.37. The van der Waals surface area contributed by atoms with Crippen LogP contribution in [-0.4, -0.2) is 32.9 Å². The van der Waals surface area contributed by atoms with Crippen molar-refractivity contribution in [2.24, 2.45) is 5.92 Å². The Bertz CT molecular complexity index is 813. The van der Waals surface area contributed by atoms with Crippen molar-refractivity contribution in [1.29, 1.82) is 0 Å². The summed E-state index contributed by atoms with van der Waals surface area (Å²) in [4.78, 5) is 17.2. The molecule has 2 aromatic heterocycles. The SMILES string of the molecule is Cc1cc(C(=O)NC2CCCC(C(F)(F)F)C2)c2cnn(C(C)C)c2n1. The molecule has 1 saturated carbocycles. The van der Waals surface area contributed by atoms with Crippen molar-refractivity contribution in [3.8, 4) is 0 Å². The van der Waals surface area contributed by atoms with Crippen LogP contribution in [0.2, 0.25) is 0 Å². The minimum absolute atomic E-state index is 0.0618. The van der Waals surface area contributed by atoms with E-state index in [1.807, 2.05) is 13.8 Å². The molecule has 1 aliphatic carbocycles. The number of carbonyl (C=O) groups is 1. The first-order chi connectivity index (χ1) is 12.2. The van der Waals surface area contributed by atoms with Crippen molar-refractivity contribution in [2.45, 2.75) is 64.7 Å². The zero-order chi connectivity index (χ0) is 19.1. The van der Waals surface area contributed by atoms with Crippen LogP contribution in [0.5, 0.6) is 0 Å². The molecule has 2 unspecified atom stereocenters. The predicted molar refractivity (Wildman–Crippen MR) is 91.9 cm³/mol. The maximum absolute atomic E-state index is 13.0. The molecule has 0 aliphatic heterocycles. The van der Waals surface area contributed by atoms with E-state index >= 15 is 0 Å². The summed E-state index contributed by atoms with van der Waals surface area (Å²) in [6.07, 6.45) is -1.51. The molecule has 1 amide bonds. The Labute approximate surface area is 150 Å². The first-order valence-corrected chi connectivity index (χ1v) is 8.89. The Morgan fingerprint density at radius 1 is 1.35 bits per heavy atom. The summed E-state index contributed by atoms with van der Waals surface area (Å²) in [7, 11) is 0. The van der Waals surface area contributed by atoms with Crippen LogP contribution < -0.4 is 5.32 Å². The molecule has 0 radical (unpaired) electrons. The summed E-state index contributed by atoms with van der Waals surface area (Å²) < 4.78 is 40.7. The van der Waals surface area contributed by atoms with Crippen LogP contribution in [0.15, 0.2) is 12.3 Å². The average Bonchev–Trinajstić information content (AvgIpc) is 2.97. The molecule has 2 aromatic rings. The molecular formula is C18H23F3N4O. The van der Waals surface area contributed by atoms with Gasteiger partial charge >= 0.3 is 6.18 Å². The van der Waals surface area contributed by atoms with Gasteiger partial charge in [-0.05, 0) is 46.1 Å². The Kier molecular flexibility index (Phi) is 4.94. The lowest BCUT2D eigenvalue weighted by Gasteiger charge is -2.31. The highest BCUT2D eigenvalue weighted by molar-refractivity contribution is 6.05. The number of hydrogen-bond donors (Lipinski definition) is 1. The second-order valence-corrected chi connectivity index (χ2v) is 7.31. The van der Waals surface area contributed by atoms with E-state index in [9.17, 15) is 18.0 Å². The number of carbonyl (C=O) groups excluding carboxylic acids is 1. The van der Waals surface area contributed by atoms with Crippen molar-refractivity contribution in [3.63, 3.8) is 0 Å². The van der Waals surface area contributed by atoms with E-state index in [2.05, 4.69) is 15.4 Å². The number of halogens is 3. The number of rotatable bonds is 3. The maximum atomic E-state index is 13.0. The number of amides is 1. The number of alkyl halides is 3. The largest absolute Gasteiger partial charge is 0.391 e. The number of hydrogen-bond acceptors (Lipinski definition) is 3. The third kappa shape index (κ3) is 3.68. The third-order valence-electron chi connectivity index (χ3n) is 4.90. The standard InChI is InChI=1S/C18H23F3N4O/c1-10(2)25-16-15(9-22-25)14(7-11(3)23-16)17(26)24-13-6-4-5-12(8-13)18(19,20)21/h7,9-10,12-13H,4-6,8H2,1-3H3,(H,24,26). The third-order valence-corrected chi connectivity index (χ3v) is 4.90. The topological polar surface area (TPSA) is 59.8 Å². The Morgan fingerprint density at radius 2 is 2.08 bits per heavy atom. The summed E-state index contributed by atoms with van der Waals surface area (Å²) in [5.41, 5.74) is 1.69. The second-order valence-electron chi connectivity index (χ2n) is 7.31. The van der Waals surface area contributed by atoms with Crippen LogP contribution >= 0.6 is 0 Å². The average molecular weight is 368 g/mol. The van der Waals surface area contributed by atoms with Gasteiger partial charge in [0.05, 0.1) is 23.1 Å². The smallest absolute Gasteiger partial charge is 0.349 e. The molecule has 1 fully saturated rings. The number of aryl methyl sites for hydroxylation is 1. The Hall–Kier alpha value is -2.12. The molecule has 0 bridgehead atoms. The zero-order valence-electron chi connectivity index (χ0n) is 15.1. The van der Waals surface area contributed by atoms with Gasteiger partial charge < -0.3 is 5.32 Å². The van der Waals surface area contributed by atoms with Crippen molar-refractivity contribution >= 4 is 16.9 Å². The minimum Gasteiger partial charge on any atom is -0.349 e. The lowest BCUT2D eigenvalue weighted by molar-refractivity contribution is -0.183. The maximum Gasteiger partial charge on any atom is 0.391 e. The molecule has 1 aliphatic rings. The summed E-state index contributed by atoms with van der Waals surface area (Å²) >= 11 is 0. The van der Waals surface area contributed by atoms with Crippen LogP contribution in [0.4, 0.5) is 13.2 Å². The van der Waals surface area contributed by atoms with Crippen LogP contribution in [-0.2, 0) is 0 Å². The molecule has 2 heterocycles. The Balaban J connectivity index is 1.84. The van der Waals surface area contributed by atoms with Gasteiger partial charge in [-0.3, -0.25) is 4.79 Å². The fourth-order valence-corrected chi connectivity index (χ4v) is 3.59. The first-order valence-electron chi connectivity index (χ1n) is 8.89. The molecule has 2 atom stereocenters. The molecule has 3 rings (SSSR count). The van der Waals surface area contributed by atoms with E-state index in [-0.39, 0.29) is 24.8 Å². The van der Waals surface area contributed by atoms with Gasteiger partial charge in [0.2, 0.25) is 0 Å². The van der Waals surface area contributed by atoms with Gasteiger partial charge in [0.25, 0.3) is 5.91 Å². The molecule has 8 heteroatoms. The van der Waals surface area contributed by atoms with E-state index in [0.29, 0.717) is 35.1 Å². The van der Waals surface area contributed by atoms with Gasteiger partial charge in [0, 0.05) is 17.8 Å². The lowest BCUT2D eigenvalue weighted by atomic mass is 9.85. The number of pyridine rings is 1. The molecular weight excluding hydrogens is 345 g/mol.